The van der Waals surface area contributed by atoms with E-state index in [4.69, 9.17) is 4.74 Å². The highest BCUT2D eigenvalue weighted by atomic mass is 32.2. The summed E-state index contributed by atoms with van der Waals surface area (Å²) in [6.07, 6.45) is -0.849. The number of sulfonamides is 1. The van der Waals surface area contributed by atoms with E-state index in [2.05, 4.69) is 4.72 Å². The summed E-state index contributed by atoms with van der Waals surface area (Å²) in [4.78, 5) is 17.9. The van der Waals surface area contributed by atoms with Gasteiger partial charge in [-0.05, 0) is 80.1 Å². The Labute approximate surface area is 262 Å². The van der Waals surface area contributed by atoms with Gasteiger partial charge in [-0.25, -0.2) is 12.8 Å². The number of ether oxygens (including phenoxy) is 1. The van der Waals surface area contributed by atoms with Gasteiger partial charge in [0.05, 0.1) is 22.8 Å². The smallest absolute Gasteiger partial charge is 0.262 e. The minimum Gasteiger partial charge on any atom is -0.494 e. The highest BCUT2D eigenvalue weighted by molar-refractivity contribution is 7.92. The van der Waals surface area contributed by atoms with Crippen molar-refractivity contribution in [3.63, 3.8) is 0 Å². The molecule has 0 radical (unpaired) electrons. The van der Waals surface area contributed by atoms with Crippen molar-refractivity contribution in [1.29, 1.82) is 0 Å². The van der Waals surface area contributed by atoms with Crippen LogP contribution in [0.2, 0.25) is 0 Å². The molecule has 0 saturated heterocycles. The summed E-state index contributed by atoms with van der Waals surface area (Å²) < 4.78 is 50.8. The molecule has 1 aliphatic heterocycles. The van der Waals surface area contributed by atoms with Gasteiger partial charge in [0, 0.05) is 23.5 Å². The van der Waals surface area contributed by atoms with Gasteiger partial charge < -0.3 is 9.64 Å². The van der Waals surface area contributed by atoms with Crippen molar-refractivity contribution >= 4 is 33.0 Å². The molecule has 1 aliphatic rings. The zero-order valence-corrected chi connectivity index (χ0v) is 25.7. The molecule has 1 amide bonds. The number of amides is 1. The summed E-state index contributed by atoms with van der Waals surface area (Å²) in [5, 5.41) is 0. The summed E-state index contributed by atoms with van der Waals surface area (Å²) in [6.45, 7) is 4.64. The van der Waals surface area contributed by atoms with E-state index in [9.17, 15) is 13.2 Å². The van der Waals surface area contributed by atoms with Crippen LogP contribution in [0.3, 0.4) is 0 Å². The first-order chi connectivity index (χ1) is 21.7. The molecule has 0 aliphatic carbocycles. The fraction of sp³-hybridized carbons (Fsp3) is 0.139. The van der Waals surface area contributed by atoms with Gasteiger partial charge in [0.25, 0.3) is 15.9 Å². The van der Waals surface area contributed by atoms with Crippen molar-refractivity contribution in [2.24, 2.45) is 0 Å². The lowest BCUT2D eigenvalue weighted by molar-refractivity contribution is 0.0967. The largest absolute Gasteiger partial charge is 0.494 e. The van der Waals surface area contributed by atoms with Crippen LogP contribution in [0.5, 0.6) is 5.75 Å². The maximum atomic E-state index is 15.6. The van der Waals surface area contributed by atoms with Crippen LogP contribution in [0.1, 0.15) is 40.1 Å². The number of hydrogen-bond donors (Lipinski definition) is 1. The second kappa shape index (κ2) is 12.5. The molecular weight excluding hydrogens is 589 g/mol. The van der Waals surface area contributed by atoms with Crippen molar-refractivity contribution in [3.05, 3.63) is 149 Å². The number of anilines is 3. The van der Waals surface area contributed by atoms with Gasteiger partial charge in [-0.3, -0.25) is 14.4 Å². The number of benzene rings is 5. The van der Waals surface area contributed by atoms with Crippen molar-refractivity contribution in [3.8, 4) is 5.75 Å². The van der Waals surface area contributed by atoms with E-state index in [1.165, 1.54) is 18.2 Å². The summed E-state index contributed by atoms with van der Waals surface area (Å²) in [5.74, 6) is -0.267. The Kier molecular flexibility index (Phi) is 8.28. The van der Waals surface area contributed by atoms with Crippen molar-refractivity contribution < 1.29 is 22.3 Å². The molecule has 9 heteroatoms. The molecule has 6 rings (SSSR count). The topological polar surface area (TPSA) is 78.9 Å². The Hall–Kier alpha value is -5.15. The van der Waals surface area contributed by atoms with E-state index in [-0.39, 0.29) is 10.5 Å². The van der Waals surface area contributed by atoms with Crippen LogP contribution < -0.4 is 19.3 Å². The van der Waals surface area contributed by atoms with Crippen molar-refractivity contribution in [1.82, 2.24) is 0 Å². The van der Waals surface area contributed by atoms with Crippen LogP contribution in [0, 0.1) is 12.7 Å². The number of nitrogens with one attached hydrogen (secondary N) is 1. The first-order valence-corrected chi connectivity index (χ1v) is 16.1. The second-order valence-electron chi connectivity index (χ2n) is 10.8. The SMILES string of the molecule is CCOc1ccc(NS(=O)(=O)c2ccc3c(c2)C(=O)N(c2ccc(C)cc2)[C@@H](c2ccccc2F)N3Cc2ccccc2)cc1. The van der Waals surface area contributed by atoms with E-state index in [0.29, 0.717) is 41.5 Å². The van der Waals surface area contributed by atoms with Crippen molar-refractivity contribution in [2.45, 2.75) is 31.5 Å². The number of hydrogen-bond acceptors (Lipinski definition) is 5. The van der Waals surface area contributed by atoms with Crippen LogP contribution in [0.25, 0.3) is 0 Å². The van der Waals surface area contributed by atoms with E-state index in [0.717, 1.165) is 11.1 Å². The van der Waals surface area contributed by atoms with Crippen molar-refractivity contribution in [2.75, 3.05) is 21.1 Å². The number of aryl methyl sites for hydroxylation is 1. The van der Waals surface area contributed by atoms with Gasteiger partial charge in [-0.1, -0.05) is 66.2 Å². The Morgan fingerprint density at radius 2 is 1.53 bits per heavy atom. The predicted molar refractivity (Wildman–Crippen MR) is 175 cm³/mol. The first-order valence-electron chi connectivity index (χ1n) is 14.6. The zero-order chi connectivity index (χ0) is 31.6. The number of fused-ring (bicyclic) bond motifs is 1. The number of halogens is 1. The molecule has 0 unspecified atom stereocenters. The fourth-order valence-corrected chi connectivity index (χ4v) is 6.61. The molecule has 5 aromatic carbocycles. The lowest BCUT2D eigenvalue weighted by Crippen LogP contribution is -2.50. The molecule has 228 valence electrons. The maximum Gasteiger partial charge on any atom is 0.262 e. The van der Waals surface area contributed by atoms with Crippen LogP contribution in [-0.2, 0) is 16.6 Å². The Morgan fingerprint density at radius 1 is 0.844 bits per heavy atom. The molecular formula is C36H32FN3O4S. The van der Waals surface area contributed by atoms with Gasteiger partial charge >= 0.3 is 0 Å². The third-order valence-corrected chi connectivity index (χ3v) is 9.06. The molecule has 0 fully saturated rings. The number of carbonyl (C=O) groups is 1. The Morgan fingerprint density at radius 3 is 2.22 bits per heavy atom. The molecule has 5 aromatic rings. The van der Waals surface area contributed by atoms with Gasteiger partial charge in [0.1, 0.15) is 17.7 Å². The predicted octanol–water partition coefficient (Wildman–Crippen LogP) is 7.70. The number of carbonyl (C=O) groups excluding carboxylic acids is 1. The van der Waals surface area contributed by atoms with Crippen LogP contribution in [0.15, 0.2) is 126 Å². The van der Waals surface area contributed by atoms with Crippen LogP contribution in [-0.4, -0.2) is 20.9 Å². The maximum absolute atomic E-state index is 15.6. The third-order valence-electron chi connectivity index (χ3n) is 7.69. The first kappa shape index (κ1) is 29.9. The fourth-order valence-electron chi connectivity index (χ4n) is 5.52. The van der Waals surface area contributed by atoms with Gasteiger partial charge in [-0.2, -0.15) is 0 Å². The van der Waals surface area contributed by atoms with E-state index in [1.807, 2.05) is 73.3 Å². The Bertz CT molecular complexity index is 1930. The van der Waals surface area contributed by atoms with Gasteiger partial charge in [0.2, 0.25) is 0 Å². The summed E-state index contributed by atoms with van der Waals surface area (Å²) in [6, 6.07) is 34.6. The average Bonchev–Trinajstić information content (AvgIpc) is 3.04. The molecule has 45 heavy (non-hydrogen) atoms. The summed E-state index contributed by atoms with van der Waals surface area (Å²) >= 11 is 0. The minimum absolute atomic E-state index is 0.0728. The number of nitrogens with zero attached hydrogens (tertiary/aromatic N) is 2. The molecule has 1 N–H and O–H groups in total. The van der Waals surface area contributed by atoms with E-state index < -0.39 is 27.9 Å². The van der Waals surface area contributed by atoms with E-state index in [1.54, 1.807) is 53.4 Å². The standard InChI is InChI=1S/C36H32FN3O4S/c1-3-44-29-19-15-27(16-20-29)38-45(42,43)30-21-22-34-32(23-30)36(41)40(28-17-13-25(2)14-18-28)35(31-11-7-8-12-33(31)37)39(34)24-26-9-5-4-6-10-26/h4-23,35,38H,3,24H2,1-2H3/t35-/m0/s1. The highest BCUT2D eigenvalue weighted by Crippen LogP contribution is 2.44. The van der Waals surface area contributed by atoms with Gasteiger partial charge in [0.15, 0.2) is 0 Å². The molecule has 7 nitrogen and oxygen atoms in total. The molecule has 0 saturated carbocycles. The van der Waals surface area contributed by atoms with E-state index >= 15 is 4.39 Å². The molecule has 0 aromatic heterocycles. The van der Waals surface area contributed by atoms with Crippen LogP contribution >= 0.6 is 0 Å². The minimum atomic E-state index is -4.07. The Balaban J connectivity index is 1.49. The third kappa shape index (κ3) is 6.12. The van der Waals surface area contributed by atoms with Crippen LogP contribution in [0.4, 0.5) is 21.5 Å². The molecule has 0 bridgehead atoms. The van der Waals surface area contributed by atoms with Gasteiger partial charge in [-0.15, -0.1) is 0 Å². The molecule has 0 spiro atoms. The summed E-state index contributed by atoms with van der Waals surface area (Å²) in [5.41, 5.74) is 3.87. The molecule has 1 heterocycles. The lowest BCUT2D eigenvalue weighted by atomic mass is 9.98. The average molecular weight is 622 g/mol. The second-order valence-corrected chi connectivity index (χ2v) is 12.4. The zero-order valence-electron chi connectivity index (χ0n) is 24.9. The highest BCUT2D eigenvalue weighted by Gasteiger charge is 2.41. The summed E-state index contributed by atoms with van der Waals surface area (Å²) in [7, 11) is -4.07. The molecule has 1 atom stereocenters. The normalized spacial score (nSPS) is 14.6. The lowest BCUT2D eigenvalue weighted by Gasteiger charge is -2.46. The number of rotatable bonds is 9. The monoisotopic (exact) mass is 621 g/mol. The quantitative estimate of drug-likeness (QED) is 0.183.